The zero-order chi connectivity index (χ0) is 38.8. The van der Waals surface area contributed by atoms with E-state index in [9.17, 15) is 28.8 Å². The van der Waals surface area contributed by atoms with Gasteiger partial charge in [-0.05, 0) is 66.4 Å². The van der Waals surface area contributed by atoms with Crippen molar-refractivity contribution in [2.24, 2.45) is 34.3 Å². The first-order valence-electron chi connectivity index (χ1n) is 18.8. The number of benzene rings is 1. The molecule has 4 N–H and O–H groups in total. The molecule has 0 radical (unpaired) electrons. The van der Waals surface area contributed by atoms with Gasteiger partial charge in [0.25, 0.3) is 6.45 Å². The summed E-state index contributed by atoms with van der Waals surface area (Å²) < 4.78 is 11.6. The van der Waals surface area contributed by atoms with Crippen LogP contribution >= 0.6 is 0 Å². The molecular formula is C42H73N3O7. The summed E-state index contributed by atoms with van der Waals surface area (Å²) in [4.78, 5) is 74.9. The number of amides is 3. The average molecular weight is 733 g/mol. The van der Waals surface area contributed by atoms with Crippen molar-refractivity contribution in [3.05, 3.63) is 35.4 Å². The molecule has 0 saturated heterocycles. The maximum Gasteiger partial charge on any atom is 0.312 e. The summed E-state index contributed by atoms with van der Waals surface area (Å²) in [7, 11) is 0. The smallest absolute Gasteiger partial charge is 0.312 e. The van der Waals surface area contributed by atoms with Crippen LogP contribution in [0.4, 0.5) is 4.79 Å². The number of rotatable bonds is 24. The Morgan fingerprint density at radius 3 is 1.87 bits per heavy atom. The van der Waals surface area contributed by atoms with Crippen LogP contribution in [0.15, 0.2) is 24.3 Å². The summed E-state index contributed by atoms with van der Waals surface area (Å²) >= 11 is 0. The number of hydrogen-bond donors (Lipinski definition) is 3. The van der Waals surface area contributed by atoms with Crippen LogP contribution in [0.2, 0.25) is 0 Å². The standard InChI is InChI=1S/C40H65N3O7.2CH4/c1-28(2)33(23-32(45)14-11-9-10-12-16-35(46)31(24-39(3,4)5)25-40(6,7)8)37(48)43-34(15-13-21-42-38(41)49)36(47)22-29-17-19-30(20-18-29)26-50-27-44;;/h17-20,27-28,31,33-34H,9-16,21-26H2,1-8H3,(H,43,48)(H3,41,42,49);2*1H4/t33-,34-;;/m0../s1/i27D;;. The third-order valence-electron chi connectivity index (χ3n) is 8.76. The molecule has 1 aromatic carbocycles. The second-order valence-electron chi connectivity index (χ2n) is 16.5. The van der Waals surface area contributed by atoms with E-state index < -0.39 is 24.4 Å². The summed E-state index contributed by atoms with van der Waals surface area (Å²) in [6, 6.07) is 5.35. The minimum absolute atomic E-state index is 0. The lowest BCUT2D eigenvalue weighted by Gasteiger charge is -2.30. The number of nitrogens with one attached hydrogen (secondary N) is 2. The lowest BCUT2D eigenvalue weighted by Crippen LogP contribution is -2.46. The molecule has 0 bridgehead atoms. The number of carbonyl (C=O) groups is 6. The van der Waals surface area contributed by atoms with Gasteiger partial charge in [-0.15, -0.1) is 0 Å². The van der Waals surface area contributed by atoms with Gasteiger partial charge in [0, 0.05) is 44.1 Å². The molecule has 10 heteroatoms. The van der Waals surface area contributed by atoms with E-state index in [1.54, 1.807) is 24.3 Å². The number of carbonyl (C=O) groups excluding carboxylic acids is 6. The zero-order valence-electron chi connectivity index (χ0n) is 33.0. The van der Waals surface area contributed by atoms with Crippen molar-refractivity contribution in [2.45, 2.75) is 160 Å². The van der Waals surface area contributed by atoms with Crippen LogP contribution in [0.1, 0.15) is 153 Å². The van der Waals surface area contributed by atoms with Crippen molar-refractivity contribution in [3.8, 4) is 0 Å². The second-order valence-corrected chi connectivity index (χ2v) is 16.5. The molecule has 0 aliphatic carbocycles. The molecule has 298 valence electrons. The number of nitrogens with two attached hydrogens (primary N) is 1. The molecule has 3 amide bonds. The summed E-state index contributed by atoms with van der Waals surface area (Å²) in [6.45, 7) is 17.0. The Bertz CT molecular complexity index is 1270. The van der Waals surface area contributed by atoms with E-state index in [2.05, 4.69) is 56.9 Å². The van der Waals surface area contributed by atoms with E-state index in [-0.39, 0.29) is 87.4 Å². The highest BCUT2D eigenvalue weighted by Crippen LogP contribution is 2.34. The Morgan fingerprint density at radius 1 is 0.827 bits per heavy atom. The van der Waals surface area contributed by atoms with Gasteiger partial charge in [0.05, 0.1) is 6.04 Å². The molecule has 52 heavy (non-hydrogen) atoms. The quantitative estimate of drug-likeness (QED) is 0.0711. The van der Waals surface area contributed by atoms with E-state index in [0.29, 0.717) is 42.6 Å². The maximum absolute atomic E-state index is 13.5. The van der Waals surface area contributed by atoms with Gasteiger partial charge < -0.3 is 21.1 Å². The Kier molecular flexibility index (Phi) is 23.7. The number of ketones is 3. The van der Waals surface area contributed by atoms with Crippen LogP contribution in [0.3, 0.4) is 0 Å². The highest BCUT2D eigenvalue weighted by Gasteiger charge is 2.30. The van der Waals surface area contributed by atoms with Gasteiger partial charge >= 0.3 is 6.03 Å². The van der Waals surface area contributed by atoms with Gasteiger partial charge in [0.2, 0.25) is 5.91 Å². The van der Waals surface area contributed by atoms with Crippen LogP contribution < -0.4 is 16.4 Å². The number of unbranched alkanes of at least 4 members (excludes halogenated alkanes) is 3. The van der Waals surface area contributed by atoms with Crippen molar-refractivity contribution in [2.75, 3.05) is 6.54 Å². The fourth-order valence-corrected chi connectivity index (χ4v) is 6.24. The van der Waals surface area contributed by atoms with Gasteiger partial charge in [0.1, 0.15) is 18.2 Å². The van der Waals surface area contributed by atoms with Crippen molar-refractivity contribution < 1.29 is 34.9 Å². The molecule has 0 aliphatic heterocycles. The number of urea groups is 1. The molecule has 10 nitrogen and oxygen atoms in total. The molecule has 0 saturated carbocycles. The summed E-state index contributed by atoms with van der Waals surface area (Å²) in [5.74, 6) is -0.907. The fourth-order valence-electron chi connectivity index (χ4n) is 6.24. The zero-order valence-corrected chi connectivity index (χ0v) is 32.0. The highest BCUT2D eigenvalue weighted by molar-refractivity contribution is 5.92. The van der Waals surface area contributed by atoms with Crippen molar-refractivity contribution in [3.63, 3.8) is 0 Å². The van der Waals surface area contributed by atoms with Gasteiger partial charge in [0.15, 0.2) is 7.15 Å². The molecule has 0 aromatic heterocycles. The fraction of sp³-hybridized carbons (Fsp3) is 0.714. The molecule has 0 unspecified atom stereocenters. The summed E-state index contributed by atoms with van der Waals surface area (Å²) in [5, 5.41) is 5.39. The van der Waals surface area contributed by atoms with E-state index in [1.807, 2.05) is 13.8 Å². The minimum atomic E-state index is -1.13. The first kappa shape index (κ1) is 48.4. The van der Waals surface area contributed by atoms with Gasteiger partial charge in [-0.25, -0.2) is 4.79 Å². The molecule has 0 heterocycles. The minimum Gasteiger partial charge on any atom is -0.463 e. The predicted molar refractivity (Wildman–Crippen MR) is 211 cm³/mol. The van der Waals surface area contributed by atoms with E-state index in [1.165, 1.54) is 0 Å². The molecule has 0 spiro atoms. The van der Waals surface area contributed by atoms with E-state index in [0.717, 1.165) is 32.1 Å². The Labute approximate surface area is 317 Å². The van der Waals surface area contributed by atoms with Gasteiger partial charge in [-0.1, -0.05) is 107 Å². The van der Waals surface area contributed by atoms with Crippen LogP contribution in [0.25, 0.3) is 0 Å². The molecule has 0 aliphatic rings. The maximum atomic E-state index is 13.5. The number of primary amides is 1. The van der Waals surface area contributed by atoms with Crippen LogP contribution in [-0.2, 0) is 41.7 Å². The second kappa shape index (κ2) is 25.4. The summed E-state index contributed by atoms with van der Waals surface area (Å²) in [6.07, 6.45) is 5.58. The average Bonchev–Trinajstić information content (AvgIpc) is 3.00. The first-order chi connectivity index (χ1) is 23.7. The number of hydrogen-bond acceptors (Lipinski definition) is 7. The van der Waals surface area contributed by atoms with Crippen LogP contribution in [0, 0.1) is 28.6 Å². The van der Waals surface area contributed by atoms with E-state index in [4.69, 9.17) is 7.10 Å². The summed E-state index contributed by atoms with van der Waals surface area (Å²) in [5.41, 5.74) is 6.72. The molecule has 0 fully saturated rings. The lowest BCUT2D eigenvalue weighted by molar-refractivity contribution is -0.133. The highest BCUT2D eigenvalue weighted by atomic mass is 16.5. The van der Waals surface area contributed by atoms with Gasteiger partial charge in [-0.2, -0.15) is 0 Å². The number of ether oxygens (including phenoxy) is 1. The normalized spacial score (nSPS) is 12.8. The molecule has 1 rings (SSSR count). The molecular weight excluding hydrogens is 658 g/mol. The Hall–Kier alpha value is -3.56. The lowest BCUT2D eigenvalue weighted by atomic mass is 9.74. The topological polar surface area (TPSA) is 162 Å². The number of Topliss-reactive ketones (excluding diaryl/α,β-unsaturated/α-hetero) is 3. The molecule has 1 aromatic rings. The SMILES string of the molecule is C.C.[2H]C(=O)OCc1ccc(CC(=O)[C@H](CCCNC(N)=O)NC(=O)[C@@H](CC(=O)CCCCCCC(=O)C(CC(C)(C)C)CC(C)(C)C)C(C)C)cc1. The third kappa shape index (κ3) is 23.1. The predicted octanol–water partition coefficient (Wildman–Crippen LogP) is 8.31. The van der Waals surface area contributed by atoms with E-state index >= 15 is 0 Å². The Morgan fingerprint density at radius 2 is 1.37 bits per heavy atom. The van der Waals surface area contributed by atoms with Crippen molar-refractivity contribution >= 4 is 35.7 Å². The van der Waals surface area contributed by atoms with Crippen LogP contribution in [0.5, 0.6) is 0 Å². The third-order valence-corrected chi connectivity index (χ3v) is 8.76. The van der Waals surface area contributed by atoms with Crippen molar-refractivity contribution in [1.29, 1.82) is 0 Å². The van der Waals surface area contributed by atoms with Crippen molar-refractivity contribution in [1.82, 2.24) is 10.6 Å². The van der Waals surface area contributed by atoms with Gasteiger partial charge in [-0.3, -0.25) is 24.0 Å². The monoisotopic (exact) mass is 733 g/mol. The first-order valence-corrected chi connectivity index (χ1v) is 18.3. The molecule has 2 atom stereocenters. The largest absolute Gasteiger partial charge is 0.463 e. The Balaban J connectivity index is 0. The van der Waals surface area contributed by atoms with Crippen LogP contribution in [-0.4, -0.2) is 48.3 Å².